The van der Waals surface area contributed by atoms with Gasteiger partial charge in [-0.25, -0.2) is 4.79 Å². The Kier molecular flexibility index (Phi) is 5.73. The van der Waals surface area contributed by atoms with Gasteiger partial charge in [-0.1, -0.05) is 5.16 Å². The van der Waals surface area contributed by atoms with E-state index in [9.17, 15) is 9.59 Å². The van der Waals surface area contributed by atoms with Gasteiger partial charge in [0.05, 0.1) is 5.60 Å². The number of hydrogen-bond acceptors (Lipinski definition) is 7. The predicted molar refractivity (Wildman–Crippen MR) is 108 cm³/mol. The van der Waals surface area contributed by atoms with E-state index in [1.165, 1.54) is 4.57 Å². The molecule has 2 aliphatic rings. The molecule has 0 aliphatic carbocycles. The number of rotatable bonds is 4. The largest absolute Gasteiger partial charge is 0.375 e. The van der Waals surface area contributed by atoms with Crippen LogP contribution in [-0.2, 0) is 22.5 Å². The van der Waals surface area contributed by atoms with E-state index >= 15 is 0 Å². The number of carbonyl (C=O) groups is 1. The molecule has 0 radical (unpaired) electrons. The summed E-state index contributed by atoms with van der Waals surface area (Å²) in [5.41, 5.74) is 0.867. The second-order valence-corrected chi connectivity index (χ2v) is 8.61. The highest BCUT2D eigenvalue weighted by molar-refractivity contribution is 5.76. The summed E-state index contributed by atoms with van der Waals surface area (Å²) in [5, 5.41) is 4.03. The molecule has 1 amide bonds. The van der Waals surface area contributed by atoms with Crippen LogP contribution in [0.3, 0.4) is 0 Å². The Hall–Kier alpha value is -2.55. The quantitative estimate of drug-likeness (QED) is 0.747. The molecule has 2 aliphatic heterocycles. The smallest absolute Gasteiger partial charge is 0.348 e. The van der Waals surface area contributed by atoms with Crippen LogP contribution in [0.25, 0.3) is 0 Å². The monoisotopic (exact) mass is 415 g/mol. The minimum absolute atomic E-state index is 0.0333. The minimum Gasteiger partial charge on any atom is -0.375 e. The van der Waals surface area contributed by atoms with Crippen LogP contribution in [0, 0.1) is 26.7 Å². The van der Waals surface area contributed by atoms with E-state index in [-0.39, 0.29) is 23.7 Å². The maximum Gasteiger partial charge on any atom is 0.348 e. The number of aromatic nitrogens is 4. The zero-order chi connectivity index (χ0) is 21.3. The summed E-state index contributed by atoms with van der Waals surface area (Å²) in [6.45, 7) is 7.44. The van der Waals surface area contributed by atoms with E-state index < -0.39 is 0 Å². The second kappa shape index (κ2) is 8.29. The number of nitrogens with zero attached hydrogens (tertiary/aromatic N) is 5. The first-order valence-electron chi connectivity index (χ1n) is 10.6. The maximum absolute atomic E-state index is 12.8. The van der Waals surface area contributed by atoms with Crippen LogP contribution in [0.4, 0.5) is 0 Å². The molecular weight excluding hydrogens is 386 g/mol. The Morgan fingerprint density at radius 2 is 2.00 bits per heavy atom. The third kappa shape index (κ3) is 4.45. The fourth-order valence-corrected chi connectivity index (χ4v) is 4.70. The number of amides is 1. The molecule has 0 saturated carbocycles. The molecule has 0 aromatic carbocycles. The van der Waals surface area contributed by atoms with Crippen molar-refractivity contribution in [3.05, 3.63) is 39.7 Å². The highest BCUT2D eigenvalue weighted by Gasteiger charge is 2.41. The molecule has 2 aromatic rings. The zero-order valence-electron chi connectivity index (χ0n) is 17.9. The van der Waals surface area contributed by atoms with Crippen LogP contribution in [-0.4, -0.2) is 55.8 Å². The molecule has 4 heterocycles. The molecule has 9 heteroatoms. The minimum atomic E-state index is -0.371. The van der Waals surface area contributed by atoms with Crippen molar-refractivity contribution in [2.45, 2.75) is 65.0 Å². The fourth-order valence-electron chi connectivity index (χ4n) is 4.70. The molecule has 1 unspecified atom stereocenters. The summed E-state index contributed by atoms with van der Waals surface area (Å²) in [7, 11) is 0. The van der Waals surface area contributed by atoms with Crippen LogP contribution in [0.5, 0.6) is 0 Å². The van der Waals surface area contributed by atoms with Crippen molar-refractivity contribution >= 4 is 5.91 Å². The summed E-state index contributed by atoms with van der Waals surface area (Å²) < 4.78 is 12.7. The van der Waals surface area contributed by atoms with Crippen LogP contribution in [0.1, 0.15) is 48.8 Å². The SMILES string of the molecule is Cc1cc(C)n(CC(=O)N2CCC3(CC2)CC(Cc2noc(C)n2)CCO3)c(=O)n1. The number of carbonyl (C=O) groups excluding carboxylic acids is 1. The first kappa shape index (κ1) is 20.7. The van der Waals surface area contributed by atoms with Crippen molar-refractivity contribution in [3.8, 4) is 0 Å². The van der Waals surface area contributed by atoms with E-state index in [0.29, 0.717) is 30.6 Å². The number of hydrogen-bond donors (Lipinski definition) is 0. The van der Waals surface area contributed by atoms with Crippen molar-refractivity contribution in [1.29, 1.82) is 0 Å². The summed E-state index contributed by atoms with van der Waals surface area (Å²) >= 11 is 0. The summed E-state index contributed by atoms with van der Waals surface area (Å²) in [4.78, 5) is 35.1. The molecule has 30 heavy (non-hydrogen) atoms. The fraction of sp³-hybridized carbons (Fsp3) is 0.667. The Balaban J connectivity index is 1.35. The van der Waals surface area contributed by atoms with E-state index in [2.05, 4.69) is 15.1 Å². The molecule has 9 nitrogen and oxygen atoms in total. The Bertz CT molecular complexity index is 974. The first-order chi connectivity index (χ1) is 14.3. The molecule has 0 bridgehead atoms. The zero-order valence-corrected chi connectivity index (χ0v) is 17.9. The lowest BCUT2D eigenvalue weighted by molar-refractivity contribution is -0.147. The van der Waals surface area contributed by atoms with Gasteiger partial charge in [0.1, 0.15) is 6.54 Å². The first-order valence-corrected chi connectivity index (χ1v) is 10.6. The lowest BCUT2D eigenvalue weighted by atomic mass is 9.78. The van der Waals surface area contributed by atoms with Crippen molar-refractivity contribution in [3.63, 3.8) is 0 Å². The van der Waals surface area contributed by atoms with Gasteiger partial charge in [0.15, 0.2) is 5.82 Å². The molecule has 0 N–H and O–H groups in total. The average Bonchev–Trinajstić information content (AvgIpc) is 3.10. The lowest BCUT2D eigenvalue weighted by Gasteiger charge is -2.46. The molecule has 2 fully saturated rings. The summed E-state index contributed by atoms with van der Waals surface area (Å²) in [5.74, 6) is 1.76. The van der Waals surface area contributed by atoms with Gasteiger partial charge in [0.2, 0.25) is 11.8 Å². The van der Waals surface area contributed by atoms with Crippen molar-refractivity contribution in [1.82, 2.24) is 24.6 Å². The van der Waals surface area contributed by atoms with E-state index in [4.69, 9.17) is 9.26 Å². The molecular formula is C21H29N5O4. The third-order valence-electron chi connectivity index (χ3n) is 6.30. The summed E-state index contributed by atoms with van der Waals surface area (Å²) in [6.07, 6.45) is 4.35. The Morgan fingerprint density at radius 3 is 2.67 bits per heavy atom. The Labute approximate surface area is 175 Å². The molecule has 162 valence electrons. The van der Waals surface area contributed by atoms with Gasteiger partial charge >= 0.3 is 5.69 Å². The third-order valence-corrected chi connectivity index (χ3v) is 6.30. The number of piperidine rings is 1. The van der Waals surface area contributed by atoms with E-state index in [0.717, 1.165) is 50.2 Å². The van der Waals surface area contributed by atoms with Gasteiger partial charge in [-0.05, 0) is 51.5 Å². The van der Waals surface area contributed by atoms with Gasteiger partial charge < -0.3 is 14.2 Å². The van der Waals surface area contributed by atoms with Gasteiger partial charge in [-0.15, -0.1) is 0 Å². The molecule has 2 saturated heterocycles. The predicted octanol–water partition coefficient (Wildman–Crippen LogP) is 1.58. The normalized spacial score (nSPS) is 21.2. The maximum atomic E-state index is 12.8. The average molecular weight is 415 g/mol. The van der Waals surface area contributed by atoms with Gasteiger partial charge in [-0.3, -0.25) is 9.36 Å². The van der Waals surface area contributed by atoms with Crippen molar-refractivity contribution < 1.29 is 14.1 Å². The van der Waals surface area contributed by atoms with Gasteiger partial charge in [-0.2, -0.15) is 9.97 Å². The summed E-state index contributed by atoms with van der Waals surface area (Å²) in [6, 6.07) is 1.82. The molecule has 2 aromatic heterocycles. The van der Waals surface area contributed by atoms with Gasteiger partial charge in [0, 0.05) is 44.4 Å². The molecule has 1 spiro atoms. The number of likely N-dealkylation sites (tertiary alicyclic amines) is 1. The van der Waals surface area contributed by atoms with Crippen LogP contribution >= 0.6 is 0 Å². The topological polar surface area (TPSA) is 103 Å². The van der Waals surface area contributed by atoms with Crippen molar-refractivity contribution in [2.75, 3.05) is 19.7 Å². The van der Waals surface area contributed by atoms with Crippen molar-refractivity contribution in [2.24, 2.45) is 5.92 Å². The van der Waals surface area contributed by atoms with E-state index in [1.54, 1.807) is 13.8 Å². The van der Waals surface area contributed by atoms with Crippen LogP contribution in [0.15, 0.2) is 15.4 Å². The van der Waals surface area contributed by atoms with E-state index in [1.807, 2.05) is 17.9 Å². The number of aryl methyl sites for hydroxylation is 3. The van der Waals surface area contributed by atoms with Crippen LogP contribution < -0.4 is 5.69 Å². The highest BCUT2D eigenvalue weighted by Crippen LogP contribution is 2.38. The highest BCUT2D eigenvalue weighted by atomic mass is 16.5. The Morgan fingerprint density at radius 1 is 1.23 bits per heavy atom. The second-order valence-electron chi connectivity index (χ2n) is 8.61. The lowest BCUT2D eigenvalue weighted by Crippen LogP contribution is -2.51. The number of ether oxygens (including phenoxy) is 1. The molecule has 1 atom stereocenters. The standard InChI is InChI=1S/C21H29N5O4/c1-14-10-15(2)26(20(28)22-14)13-19(27)25-7-5-21(6-8-25)12-17(4-9-29-21)11-18-23-16(3)30-24-18/h10,17H,4-9,11-13H2,1-3H3. The van der Waals surface area contributed by atoms with Crippen LogP contribution in [0.2, 0.25) is 0 Å². The molecule has 4 rings (SSSR count). The van der Waals surface area contributed by atoms with Gasteiger partial charge in [0.25, 0.3) is 0 Å².